The van der Waals surface area contributed by atoms with Crippen LogP contribution >= 0.6 is 24.8 Å². The minimum Gasteiger partial charge on any atom is -0.329 e. The highest BCUT2D eigenvalue weighted by Crippen LogP contribution is 2.25. The molecule has 4 heteroatoms. The number of likely N-dealkylation sites (tertiary alicyclic amines) is 1. The molecule has 0 aromatic carbocycles. The molecule has 1 rings (SSSR count). The Bertz CT molecular complexity index is 111. The highest BCUT2D eigenvalue weighted by Gasteiger charge is 2.31. The van der Waals surface area contributed by atoms with Crippen LogP contribution in [0, 0.1) is 0 Å². The van der Waals surface area contributed by atoms with Crippen LogP contribution < -0.4 is 5.73 Å². The van der Waals surface area contributed by atoms with Crippen LogP contribution in [0.15, 0.2) is 0 Å². The summed E-state index contributed by atoms with van der Waals surface area (Å²) in [7, 11) is 2.15. The summed E-state index contributed by atoms with van der Waals surface area (Å²) in [5, 5.41) is 0. The van der Waals surface area contributed by atoms with E-state index in [9.17, 15) is 0 Å². The lowest BCUT2D eigenvalue weighted by Gasteiger charge is -2.30. The van der Waals surface area contributed by atoms with Gasteiger partial charge in [0, 0.05) is 12.1 Å². The number of hydrogen-bond acceptors (Lipinski definition) is 2. The molecule has 1 saturated heterocycles. The van der Waals surface area contributed by atoms with E-state index in [0.717, 1.165) is 6.54 Å². The molecule has 2 N–H and O–H groups in total. The zero-order chi connectivity index (χ0) is 6.91. The van der Waals surface area contributed by atoms with Gasteiger partial charge in [-0.2, -0.15) is 0 Å². The first-order chi connectivity index (χ1) is 4.19. The topological polar surface area (TPSA) is 29.3 Å². The van der Waals surface area contributed by atoms with E-state index in [-0.39, 0.29) is 24.8 Å². The van der Waals surface area contributed by atoms with Crippen molar-refractivity contribution in [3.63, 3.8) is 0 Å². The van der Waals surface area contributed by atoms with E-state index in [4.69, 9.17) is 5.73 Å². The van der Waals surface area contributed by atoms with Crippen molar-refractivity contribution in [2.24, 2.45) is 5.73 Å². The number of nitrogens with zero attached hydrogens (tertiary/aromatic N) is 1. The van der Waals surface area contributed by atoms with Gasteiger partial charge in [-0.15, -0.1) is 24.8 Å². The van der Waals surface area contributed by atoms with Crippen molar-refractivity contribution in [1.82, 2.24) is 4.90 Å². The van der Waals surface area contributed by atoms with E-state index in [1.807, 2.05) is 0 Å². The molecular formula is C7H18Cl2N2. The first-order valence-corrected chi connectivity index (χ1v) is 3.60. The van der Waals surface area contributed by atoms with Crippen molar-refractivity contribution in [1.29, 1.82) is 0 Å². The molecule has 0 bridgehead atoms. The third-order valence-corrected chi connectivity index (χ3v) is 2.57. The Morgan fingerprint density at radius 2 is 2.00 bits per heavy atom. The third kappa shape index (κ3) is 2.79. The molecule has 2 nitrogen and oxygen atoms in total. The maximum Gasteiger partial charge on any atom is 0.0301 e. The second kappa shape index (κ2) is 5.20. The Balaban J connectivity index is 0. The lowest BCUT2D eigenvalue weighted by Crippen LogP contribution is -2.44. The molecule has 1 heterocycles. The van der Waals surface area contributed by atoms with Gasteiger partial charge in [0.25, 0.3) is 0 Å². The molecular weight excluding hydrogens is 183 g/mol. The van der Waals surface area contributed by atoms with Gasteiger partial charge in [0.05, 0.1) is 0 Å². The molecule has 1 aliphatic heterocycles. The Labute approximate surface area is 81.3 Å². The highest BCUT2D eigenvalue weighted by atomic mass is 35.5. The van der Waals surface area contributed by atoms with E-state index >= 15 is 0 Å². The fraction of sp³-hybridized carbons (Fsp3) is 1.00. The SMILES string of the molecule is CN1CCCC1(C)CN.Cl.Cl. The van der Waals surface area contributed by atoms with Gasteiger partial charge in [-0.25, -0.2) is 0 Å². The summed E-state index contributed by atoms with van der Waals surface area (Å²) in [6.07, 6.45) is 2.57. The smallest absolute Gasteiger partial charge is 0.0301 e. The number of hydrogen-bond donors (Lipinski definition) is 1. The summed E-state index contributed by atoms with van der Waals surface area (Å²) < 4.78 is 0. The molecule has 11 heavy (non-hydrogen) atoms. The maximum absolute atomic E-state index is 5.62. The monoisotopic (exact) mass is 200 g/mol. The standard InChI is InChI=1S/C7H16N2.2ClH/c1-7(6-8)4-3-5-9(7)2;;/h3-6,8H2,1-2H3;2*1H. The van der Waals surface area contributed by atoms with E-state index in [1.165, 1.54) is 19.4 Å². The summed E-state index contributed by atoms with van der Waals surface area (Å²) in [5.41, 5.74) is 5.92. The Hall–Kier alpha value is 0.500. The van der Waals surface area contributed by atoms with Crippen molar-refractivity contribution >= 4 is 24.8 Å². The second-order valence-corrected chi connectivity index (χ2v) is 3.23. The molecule has 70 valence electrons. The van der Waals surface area contributed by atoms with Gasteiger partial charge in [0.1, 0.15) is 0 Å². The summed E-state index contributed by atoms with van der Waals surface area (Å²) >= 11 is 0. The summed E-state index contributed by atoms with van der Waals surface area (Å²) in [5.74, 6) is 0. The highest BCUT2D eigenvalue weighted by molar-refractivity contribution is 5.85. The van der Waals surface area contributed by atoms with E-state index in [2.05, 4.69) is 18.9 Å². The van der Waals surface area contributed by atoms with Gasteiger partial charge < -0.3 is 5.73 Å². The van der Waals surface area contributed by atoms with Gasteiger partial charge in [-0.1, -0.05) is 0 Å². The van der Waals surface area contributed by atoms with E-state index in [1.54, 1.807) is 0 Å². The van der Waals surface area contributed by atoms with Crippen LogP contribution in [0.3, 0.4) is 0 Å². The maximum atomic E-state index is 5.62. The average molecular weight is 201 g/mol. The molecule has 0 saturated carbocycles. The van der Waals surface area contributed by atoms with Gasteiger partial charge >= 0.3 is 0 Å². The summed E-state index contributed by atoms with van der Waals surface area (Å²) in [6.45, 7) is 4.25. The van der Waals surface area contributed by atoms with Crippen LogP contribution in [0.4, 0.5) is 0 Å². The first kappa shape index (κ1) is 14.0. The molecule has 1 atom stereocenters. The predicted molar refractivity (Wildman–Crippen MR) is 53.8 cm³/mol. The molecule has 0 radical (unpaired) electrons. The molecule has 1 fully saturated rings. The fourth-order valence-electron chi connectivity index (χ4n) is 1.42. The Morgan fingerprint density at radius 3 is 2.18 bits per heavy atom. The average Bonchev–Trinajstić information content (AvgIpc) is 2.15. The number of likely N-dealkylation sites (N-methyl/N-ethyl adjacent to an activating group) is 1. The van der Waals surface area contributed by atoms with Crippen molar-refractivity contribution < 1.29 is 0 Å². The van der Waals surface area contributed by atoms with Crippen LogP contribution in [0.5, 0.6) is 0 Å². The van der Waals surface area contributed by atoms with Crippen molar-refractivity contribution in [2.75, 3.05) is 20.1 Å². The molecule has 0 amide bonds. The quantitative estimate of drug-likeness (QED) is 0.692. The molecule has 0 spiro atoms. The molecule has 1 unspecified atom stereocenters. The Morgan fingerprint density at radius 1 is 1.45 bits per heavy atom. The van der Waals surface area contributed by atoms with Crippen LogP contribution in [0.2, 0.25) is 0 Å². The number of rotatable bonds is 1. The lowest BCUT2D eigenvalue weighted by atomic mass is 10.0. The van der Waals surface area contributed by atoms with Crippen molar-refractivity contribution in [2.45, 2.75) is 25.3 Å². The lowest BCUT2D eigenvalue weighted by molar-refractivity contribution is 0.204. The minimum absolute atomic E-state index is 0. The third-order valence-electron chi connectivity index (χ3n) is 2.57. The van der Waals surface area contributed by atoms with Crippen LogP contribution in [0.25, 0.3) is 0 Å². The van der Waals surface area contributed by atoms with Crippen LogP contribution in [0.1, 0.15) is 19.8 Å². The molecule has 0 aromatic rings. The summed E-state index contributed by atoms with van der Waals surface area (Å²) in [4.78, 5) is 2.35. The number of nitrogens with two attached hydrogens (primary N) is 1. The van der Waals surface area contributed by atoms with Crippen molar-refractivity contribution in [3.05, 3.63) is 0 Å². The summed E-state index contributed by atoms with van der Waals surface area (Å²) in [6, 6.07) is 0. The van der Waals surface area contributed by atoms with Crippen LogP contribution in [-0.2, 0) is 0 Å². The van der Waals surface area contributed by atoms with E-state index < -0.39 is 0 Å². The zero-order valence-corrected chi connectivity index (χ0v) is 8.80. The Kier molecular flexibility index (Phi) is 6.64. The van der Waals surface area contributed by atoms with Gasteiger partial charge in [0.2, 0.25) is 0 Å². The predicted octanol–water partition coefficient (Wildman–Crippen LogP) is 1.27. The molecule has 0 aromatic heterocycles. The van der Waals surface area contributed by atoms with Crippen molar-refractivity contribution in [3.8, 4) is 0 Å². The largest absolute Gasteiger partial charge is 0.329 e. The minimum atomic E-state index is 0. The molecule has 1 aliphatic rings. The van der Waals surface area contributed by atoms with Gasteiger partial charge in [-0.3, -0.25) is 4.90 Å². The first-order valence-electron chi connectivity index (χ1n) is 3.60. The van der Waals surface area contributed by atoms with Gasteiger partial charge in [0.15, 0.2) is 0 Å². The van der Waals surface area contributed by atoms with E-state index in [0.29, 0.717) is 5.54 Å². The molecule has 0 aliphatic carbocycles. The second-order valence-electron chi connectivity index (χ2n) is 3.23. The number of halogens is 2. The van der Waals surface area contributed by atoms with Crippen LogP contribution in [-0.4, -0.2) is 30.6 Å². The fourth-order valence-corrected chi connectivity index (χ4v) is 1.42. The van der Waals surface area contributed by atoms with Gasteiger partial charge in [-0.05, 0) is 33.4 Å². The normalized spacial score (nSPS) is 30.8. The zero-order valence-electron chi connectivity index (χ0n) is 7.17.